The highest BCUT2D eigenvalue weighted by molar-refractivity contribution is 8.02. The second kappa shape index (κ2) is 8.76. The summed E-state index contributed by atoms with van der Waals surface area (Å²) >= 11 is 1.62. The van der Waals surface area contributed by atoms with E-state index < -0.39 is 0 Å². The number of thioether (sulfide) groups is 1. The molecule has 1 atom stereocenters. The summed E-state index contributed by atoms with van der Waals surface area (Å²) in [5, 5.41) is -0.146. The van der Waals surface area contributed by atoms with Crippen LogP contribution in [-0.2, 0) is 4.79 Å². The lowest BCUT2D eigenvalue weighted by molar-refractivity contribution is -0.117. The first-order chi connectivity index (χ1) is 9.09. The Morgan fingerprint density at radius 2 is 1.85 bits per heavy atom. The maximum atomic E-state index is 11.1. The van der Waals surface area contributed by atoms with Gasteiger partial charge in [-0.2, -0.15) is 0 Å². The molecule has 20 heavy (non-hydrogen) atoms. The SMILES string of the molecule is CCCCCC(C)(C)C/C=C/C(C)(C)SC(C)C(N)=O. The van der Waals surface area contributed by atoms with Crippen LogP contribution in [0.15, 0.2) is 12.2 Å². The molecule has 2 N–H and O–H groups in total. The maximum absolute atomic E-state index is 11.1. The Hall–Kier alpha value is -0.440. The third-order valence-corrected chi connectivity index (χ3v) is 4.86. The molecule has 118 valence electrons. The molecule has 0 heterocycles. The lowest BCUT2D eigenvalue weighted by Gasteiger charge is -2.25. The average molecular weight is 300 g/mol. The van der Waals surface area contributed by atoms with Gasteiger partial charge >= 0.3 is 0 Å². The smallest absolute Gasteiger partial charge is 0.230 e. The Morgan fingerprint density at radius 1 is 1.25 bits per heavy atom. The minimum absolute atomic E-state index is 0.0477. The Balaban J connectivity index is 4.29. The van der Waals surface area contributed by atoms with Gasteiger partial charge in [0.2, 0.25) is 5.91 Å². The van der Waals surface area contributed by atoms with Gasteiger partial charge in [0.15, 0.2) is 0 Å². The molecule has 0 aromatic rings. The summed E-state index contributed by atoms with van der Waals surface area (Å²) in [5.41, 5.74) is 5.69. The number of allylic oxidation sites excluding steroid dienone is 1. The van der Waals surface area contributed by atoms with E-state index in [4.69, 9.17) is 5.73 Å². The van der Waals surface area contributed by atoms with E-state index in [9.17, 15) is 4.79 Å². The quantitative estimate of drug-likeness (QED) is 0.459. The molecule has 3 heteroatoms. The van der Waals surface area contributed by atoms with E-state index in [0.29, 0.717) is 5.41 Å². The first-order valence-electron chi connectivity index (χ1n) is 7.74. The molecule has 1 amide bonds. The third-order valence-electron chi connectivity index (χ3n) is 3.53. The van der Waals surface area contributed by atoms with Gasteiger partial charge in [0.1, 0.15) is 0 Å². The van der Waals surface area contributed by atoms with Gasteiger partial charge in [-0.05, 0) is 39.0 Å². The second-order valence-corrected chi connectivity index (χ2v) is 8.99. The molecule has 0 saturated carbocycles. The van der Waals surface area contributed by atoms with Crippen molar-refractivity contribution in [2.75, 3.05) is 0 Å². The van der Waals surface area contributed by atoms with Crippen molar-refractivity contribution < 1.29 is 4.79 Å². The molecule has 0 bridgehead atoms. The molecule has 0 fully saturated rings. The van der Waals surface area contributed by atoms with Crippen molar-refractivity contribution in [2.24, 2.45) is 11.1 Å². The molecule has 0 saturated heterocycles. The Bertz CT molecular complexity index is 321. The van der Waals surface area contributed by atoms with Gasteiger partial charge < -0.3 is 5.73 Å². The number of amides is 1. The molecule has 1 unspecified atom stereocenters. The van der Waals surface area contributed by atoms with E-state index in [2.05, 4.69) is 46.8 Å². The van der Waals surface area contributed by atoms with Gasteiger partial charge in [-0.3, -0.25) is 4.79 Å². The van der Waals surface area contributed by atoms with E-state index in [1.165, 1.54) is 25.7 Å². The number of carbonyl (C=O) groups is 1. The first-order valence-corrected chi connectivity index (χ1v) is 8.62. The summed E-state index contributed by atoms with van der Waals surface area (Å²) in [5.74, 6) is -0.239. The van der Waals surface area contributed by atoms with Crippen molar-refractivity contribution in [1.29, 1.82) is 0 Å². The number of nitrogens with two attached hydrogens (primary N) is 1. The summed E-state index contributed by atoms with van der Waals surface area (Å²) in [7, 11) is 0. The molecule has 0 radical (unpaired) electrons. The Morgan fingerprint density at radius 3 is 2.35 bits per heavy atom. The fourth-order valence-corrected chi connectivity index (χ4v) is 3.37. The number of rotatable bonds is 10. The zero-order chi connectivity index (χ0) is 15.8. The number of primary amides is 1. The van der Waals surface area contributed by atoms with Crippen LogP contribution in [0.3, 0.4) is 0 Å². The monoisotopic (exact) mass is 299 g/mol. The van der Waals surface area contributed by atoms with Crippen molar-refractivity contribution in [2.45, 2.75) is 83.6 Å². The Labute approximate surface area is 130 Å². The topological polar surface area (TPSA) is 43.1 Å². The molecule has 0 rings (SSSR count). The summed E-state index contributed by atoms with van der Waals surface area (Å²) < 4.78 is -0.0477. The van der Waals surface area contributed by atoms with Crippen LogP contribution in [0.25, 0.3) is 0 Å². The second-order valence-electron chi connectivity index (χ2n) is 6.99. The fraction of sp³-hybridized carbons (Fsp3) is 0.824. The average Bonchev–Trinajstić information content (AvgIpc) is 2.27. The lowest BCUT2D eigenvalue weighted by Crippen LogP contribution is -2.27. The number of unbranched alkanes of at least 4 members (excludes halogenated alkanes) is 2. The predicted molar refractivity (Wildman–Crippen MR) is 92.0 cm³/mol. The van der Waals surface area contributed by atoms with Crippen LogP contribution in [0.4, 0.5) is 0 Å². The van der Waals surface area contributed by atoms with Crippen molar-refractivity contribution in [3.05, 3.63) is 12.2 Å². The molecule has 0 aromatic carbocycles. The largest absolute Gasteiger partial charge is 0.369 e. The zero-order valence-corrected chi connectivity index (χ0v) is 15.0. The Kier molecular flexibility index (Phi) is 8.57. The highest BCUT2D eigenvalue weighted by Crippen LogP contribution is 2.32. The van der Waals surface area contributed by atoms with Crippen LogP contribution in [0.5, 0.6) is 0 Å². The minimum Gasteiger partial charge on any atom is -0.369 e. The predicted octanol–water partition coefficient (Wildman–Crippen LogP) is 4.92. The molecule has 2 nitrogen and oxygen atoms in total. The van der Waals surface area contributed by atoms with Crippen molar-refractivity contribution in [1.82, 2.24) is 0 Å². The fourth-order valence-electron chi connectivity index (χ4n) is 2.17. The van der Waals surface area contributed by atoms with E-state index in [1.807, 2.05) is 6.92 Å². The van der Waals surface area contributed by atoms with Crippen molar-refractivity contribution >= 4 is 17.7 Å². The van der Waals surface area contributed by atoms with E-state index in [-0.39, 0.29) is 15.9 Å². The number of hydrogen-bond donors (Lipinski definition) is 1. The van der Waals surface area contributed by atoms with Gasteiger partial charge in [-0.1, -0.05) is 52.2 Å². The van der Waals surface area contributed by atoms with E-state index in [1.54, 1.807) is 11.8 Å². The molecular weight excluding hydrogens is 266 g/mol. The van der Waals surface area contributed by atoms with Crippen LogP contribution in [-0.4, -0.2) is 15.9 Å². The third kappa shape index (κ3) is 9.46. The summed E-state index contributed by atoms with van der Waals surface area (Å²) in [6, 6.07) is 0. The highest BCUT2D eigenvalue weighted by Gasteiger charge is 2.22. The number of carbonyl (C=O) groups excluding carboxylic acids is 1. The molecular formula is C17H33NOS. The minimum atomic E-state index is -0.239. The van der Waals surface area contributed by atoms with Gasteiger partial charge in [0.05, 0.1) is 5.25 Å². The summed E-state index contributed by atoms with van der Waals surface area (Å²) in [4.78, 5) is 11.1. The van der Waals surface area contributed by atoms with Gasteiger partial charge in [-0.15, -0.1) is 11.8 Å². The van der Waals surface area contributed by atoms with Crippen LogP contribution in [0, 0.1) is 5.41 Å². The number of hydrogen-bond acceptors (Lipinski definition) is 2. The van der Waals surface area contributed by atoms with Gasteiger partial charge in [0, 0.05) is 4.75 Å². The van der Waals surface area contributed by atoms with Gasteiger partial charge in [-0.25, -0.2) is 0 Å². The van der Waals surface area contributed by atoms with Crippen LogP contribution < -0.4 is 5.73 Å². The van der Waals surface area contributed by atoms with Crippen LogP contribution >= 0.6 is 11.8 Å². The molecule has 0 spiro atoms. The van der Waals surface area contributed by atoms with Gasteiger partial charge in [0.25, 0.3) is 0 Å². The first kappa shape index (κ1) is 19.6. The summed E-state index contributed by atoms with van der Waals surface area (Å²) in [6.45, 7) is 13.1. The van der Waals surface area contributed by atoms with E-state index in [0.717, 1.165) is 6.42 Å². The standard InChI is InChI=1S/C17H33NOS/c1-7-8-9-11-16(3,4)12-10-13-17(5,6)20-14(2)15(18)19/h10,13-14H,7-9,11-12H2,1-6H3,(H2,18,19)/b13-10+. The zero-order valence-electron chi connectivity index (χ0n) is 14.2. The maximum Gasteiger partial charge on any atom is 0.230 e. The summed E-state index contributed by atoms with van der Waals surface area (Å²) in [6.07, 6.45) is 10.8. The molecule has 0 aliphatic carbocycles. The highest BCUT2D eigenvalue weighted by atomic mass is 32.2. The van der Waals surface area contributed by atoms with E-state index >= 15 is 0 Å². The van der Waals surface area contributed by atoms with Crippen LogP contribution in [0.2, 0.25) is 0 Å². The van der Waals surface area contributed by atoms with Crippen molar-refractivity contribution in [3.8, 4) is 0 Å². The molecule has 0 aromatic heterocycles. The van der Waals surface area contributed by atoms with Crippen LogP contribution in [0.1, 0.15) is 73.6 Å². The molecule has 0 aliphatic rings. The lowest BCUT2D eigenvalue weighted by atomic mass is 9.83. The normalized spacial score (nSPS) is 14.7. The van der Waals surface area contributed by atoms with Crippen molar-refractivity contribution in [3.63, 3.8) is 0 Å². The molecule has 0 aliphatic heterocycles.